The van der Waals surface area contributed by atoms with Gasteiger partial charge in [-0.1, -0.05) is 23.7 Å². The number of aromatic nitrogens is 2. The Kier molecular flexibility index (Phi) is 6.84. The largest absolute Gasteiger partial charge is 0.478 e. The van der Waals surface area contributed by atoms with Gasteiger partial charge in [0.15, 0.2) is 11.5 Å². The standard InChI is InChI=1S/C32H30ClFN2O6/c1-32(24-9-7-20(33)14-25(24)34)41-28-4-2-3-23(30(28)42-32)19-5-8-21(40-17-19)15-29-35-26-10-6-18(31(37)38)13-27(26)36(29)16-22-11-12-39-22/h2-4,6-7,9-10,13-14,19,21-22H,5,8,11-12,15-17H2,1H3,(H,37,38)/t19?,21?,22-,32?/m0/s1. The number of fused-ring (bicyclic) bond motifs is 2. The first-order chi connectivity index (χ1) is 20.3. The minimum Gasteiger partial charge on any atom is -0.478 e. The third-order valence-electron chi connectivity index (χ3n) is 8.51. The van der Waals surface area contributed by atoms with Crippen LogP contribution in [0.5, 0.6) is 11.5 Å². The Morgan fingerprint density at radius 3 is 2.67 bits per heavy atom. The second kappa shape index (κ2) is 10.6. The van der Waals surface area contributed by atoms with Crippen LogP contribution in [0, 0.1) is 5.82 Å². The first-order valence-corrected chi connectivity index (χ1v) is 14.6. The molecule has 3 unspecified atom stereocenters. The number of carboxylic acid groups (broad SMARTS) is 1. The molecule has 4 heterocycles. The van der Waals surface area contributed by atoms with E-state index in [9.17, 15) is 14.3 Å². The van der Waals surface area contributed by atoms with E-state index in [4.69, 9.17) is 35.5 Å². The summed E-state index contributed by atoms with van der Waals surface area (Å²) in [5.74, 6) is -0.640. The van der Waals surface area contributed by atoms with Gasteiger partial charge in [0.1, 0.15) is 11.6 Å². The molecule has 42 heavy (non-hydrogen) atoms. The van der Waals surface area contributed by atoms with E-state index >= 15 is 0 Å². The van der Waals surface area contributed by atoms with Gasteiger partial charge in [-0.25, -0.2) is 14.2 Å². The number of ether oxygens (including phenoxy) is 4. The van der Waals surface area contributed by atoms with E-state index in [1.54, 1.807) is 37.3 Å². The topological polar surface area (TPSA) is 92.0 Å². The maximum atomic E-state index is 14.8. The molecule has 3 aliphatic heterocycles. The van der Waals surface area contributed by atoms with Crippen LogP contribution in [-0.4, -0.2) is 46.0 Å². The van der Waals surface area contributed by atoms with Gasteiger partial charge < -0.3 is 28.6 Å². The molecule has 1 aromatic heterocycles. The summed E-state index contributed by atoms with van der Waals surface area (Å²) < 4.78 is 41.4. The predicted molar refractivity (Wildman–Crippen MR) is 153 cm³/mol. The predicted octanol–water partition coefficient (Wildman–Crippen LogP) is 6.47. The molecule has 0 saturated carbocycles. The SMILES string of the molecule is CC1(c2ccc(Cl)cc2F)Oc2cccc(C3CCC(Cc4nc5ccc(C(=O)O)cc5n4C[C@@H]4CCO4)OC3)c2O1. The summed E-state index contributed by atoms with van der Waals surface area (Å²) in [7, 11) is 0. The molecule has 3 aliphatic rings. The van der Waals surface area contributed by atoms with Gasteiger partial charge in [-0.15, -0.1) is 0 Å². The number of halogens is 2. The molecular formula is C32H30ClFN2O6. The van der Waals surface area contributed by atoms with E-state index in [-0.39, 0.29) is 29.3 Å². The van der Waals surface area contributed by atoms with Crippen molar-refractivity contribution < 1.29 is 33.2 Å². The Bertz CT molecular complexity index is 1680. The van der Waals surface area contributed by atoms with Crippen LogP contribution in [0.15, 0.2) is 54.6 Å². The molecule has 218 valence electrons. The van der Waals surface area contributed by atoms with Crippen LogP contribution in [0.25, 0.3) is 11.0 Å². The van der Waals surface area contributed by atoms with E-state index in [0.717, 1.165) is 48.3 Å². The number of aromatic carboxylic acids is 1. The number of imidazole rings is 1. The average Bonchev–Trinajstić information content (AvgIpc) is 3.47. The van der Waals surface area contributed by atoms with Crippen molar-refractivity contribution in [2.45, 2.75) is 63.1 Å². The minimum atomic E-state index is -1.31. The Morgan fingerprint density at radius 1 is 1.10 bits per heavy atom. The molecule has 2 saturated heterocycles. The maximum Gasteiger partial charge on any atom is 0.335 e. The van der Waals surface area contributed by atoms with Crippen LogP contribution < -0.4 is 9.47 Å². The van der Waals surface area contributed by atoms with E-state index in [0.29, 0.717) is 36.1 Å². The fourth-order valence-corrected chi connectivity index (χ4v) is 6.31. The normalized spacial score (nSPS) is 25.0. The van der Waals surface area contributed by atoms with Gasteiger partial charge in [-0.3, -0.25) is 0 Å². The number of rotatable bonds is 7. The van der Waals surface area contributed by atoms with E-state index in [2.05, 4.69) is 4.57 Å². The first kappa shape index (κ1) is 27.2. The van der Waals surface area contributed by atoms with Crippen LogP contribution in [0.3, 0.4) is 0 Å². The molecule has 0 amide bonds. The summed E-state index contributed by atoms with van der Waals surface area (Å²) in [4.78, 5) is 16.5. The highest BCUT2D eigenvalue weighted by atomic mass is 35.5. The van der Waals surface area contributed by atoms with E-state index < -0.39 is 17.6 Å². The van der Waals surface area contributed by atoms with Crippen LogP contribution in [-0.2, 0) is 28.2 Å². The molecule has 0 aliphatic carbocycles. The lowest BCUT2D eigenvalue weighted by Crippen LogP contribution is -2.33. The molecular weight excluding hydrogens is 563 g/mol. The quantitative estimate of drug-likeness (QED) is 0.263. The van der Waals surface area contributed by atoms with Crippen molar-refractivity contribution in [1.82, 2.24) is 9.55 Å². The van der Waals surface area contributed by atoms with Crippen LogP contribution >= 0.6 is 11.6 Å². The van der Waals surface area contributed by atoms with Crippen molar-refractivity contribution in [1.29, 1.82) is 0 Å². The zero-order valence-corrected chi connectivity index (χ0v) is 23.8. The van der Waals surface area contributed by atoms with Gasteiger partial charge in [-0.05, 0) is 61.7 Å². The van der Waals surface area contributed by atoms with Gasteiger partial charge in [0.25, 0.3) is 5.79 Å². The Morgan fingerprint density at radius 2 is 1.95 bits per heavy atom. The highest BCUT2D eigenvalue weighted by Crippen LogP contribution is 2.49. The fourth-order valence-electron chi connectivity index (χ4n) is 6.15. The first-order valence-electron chi connectivity index (χ1n) is 14.2. The van der Waals surface area contributed by atoms with Crippen molar-refractivity contribution in [2.75, 3.05) is 13.2 Å². The monoisotopic (exact) mass is 592 g/mol. The van der Waals surface area contributed by atoms with Gasteiger partial charge in [-0.2, -0.15) is 0 Å². The average molecular weight is 593 g/mol. The summed E-state index contributed by atoms with van der Waals surface area (Å²) in [6, 6.07) is 15.3. The number of carbonyl (C=O) groups is 1. The molecule has 8 nitrogen and oxygen atoms in total. The minimum absolute atomic E-state index is 0.0413. The van der Waals surface area contributed by atoms with Crippen molar-refractivity contribution in [3.63, 3.8) is 0 Å². The van der Waals surface area contributed by atoms with Crippen molar-refractivity contribution in [2.24, 2.45) is 0 Å². The third-order valence-corrected chi connectivity index (χ3v) is 8.74. The second-order valence-electron chi connectivity index (χ2n) is 11.3. The molecule has 7 rings (SSSR count). The number of para-hydroxylation sites is 1. The number of hydrogen-bond acceptors (Lipinski definition) is 6. The Hall–Kier alpha value is -3.66. The lowest BCUT2D eigenvalue weighted by atomic mass is 9.89. The molecule has 2 fully saturated rings. The molecule has 0 bridgehead atoms. The van der Waals surface area contributed by atoms with Gasteiger partial charge in [0, 0.05) is 36.5 Å². The van der Waals surface area contributed by atoms with Crippen LogP contribution in [0.4, 0.5) is 4.39 Å². The number of benzene rings is 3. The van der Waals surface area contributed by atoms with Gasteiger partial charge >= 0.3 is 5.97 Å². The summed E-state index contributed by atoms with van der Waals surface area (Å²) in [6.07, 6.45) is 3.31. The lowest BCUT2D eigenvalue weighted by molar-refractivity contribution is -0.0716. The van der Waals surface area contributed by atoms with Gasteiger partial charge in [0.05, 0.1) is 47.5 Å². The van der Waals surface area contributed by atoms with E-state index in [1.165, 1.54) is 6.07 Å². The molecule has 4 aromatic rings. The zero-order valence-electron chi connectivity index (χ0n) is 23.0. The van der Waals surface area contributed by atoms with Crippen LogP contribution in [0.2, 0.25) is 5.02 Å². The molecule has 0 spiro atoms. The molecule has 10 heteroatoms. The smallest absolute Gasteiger partial charge is 0.335 e. The van der Waals surface area contributed by atoms with Crippen LogP contribution in [0.1, 0.15) is 59.4 Å². The molecule has 0 radical (unpaired) electrons. The maximum absolute atomic E-state index is 14.8. The molecule has 3 aromatic carbocycles. The number of nitrogens with zero attached hydrogens (tertiary/aromatic N) is 2. The summed E-state index contributed by atoms with van der Waals surface area (Å²) in [5, 5.41) is 9.82. The van der Waals surface area contributed by atoms with Crippen molar-refractivity contribution in [3.8, 4) is 11.5 Å². The van der Waals surface area contributed by atoms with Crippen molar-refractivity contribution >= 4 is 28.6 Å². The number of carboxylic acids is 1. The third kappa shape index (κ3) is 4.89. The summed E-state index contributed by atoms with van der Waals surface area (Å²) in [6.45, 7) is 3.57. The highest BCUT2D eigenvalue weighted by Gasteiger charge is 2.43. The van der Waals surface area contributed by atoms with Crippen molar-refractivity contribution in [3.05, 3.63) is 88.0 Å². The van der Waals surface area contributed by atoms with E-state index in [1.807, 2.05) is 18.2 Å². The second-order valence-corrected chi connectivity index (χ2v) is 11.7. The molecule has 4 atom stereocenters. The molecule has 1 N–H and O–H groups in total. The fraction of sp³-hybridized carbons (Fsp3) is 0.375. The lowest BCUT2D eigenvalue weighted by Gasteiger charge is -2.31. The zero-order chi connectivity index (χ0) is 29.0. The Labute approximate surface area is 246 Å². The number of hydrogen-bond donors (Lipinski definition) is 1. The summed E-state index contributed by atoms with van der Waals surface area (Å²) in [5.41, 5.74) is 3.05. The summed E-state index contributed by atoms with van der Waals surface area (Å²) >= 11 is 5.96. The Balaban J connectivity index is 1.08. The highest BCUT2D eigenvalue weighted by molar-refractivity contribution is 6.30. The van der Waals surface area contributed by atoms with Gasteiger partial charge in [0.2, 0.25) is 0 Å².